The maximum Gasteiger partial charge on any atom is 0.335 e. The molecule has 3 aromatic heterocycles. The summed E-state index contributed by atoms with van der Waals surface area (Å²) in [5, 5.41) is 22.0. The van der Waals surface area contributed by atoms with Gasteiger partial charge in [0.2, 0.25) is 0 Å². The van der Waals surface area contributed by atoms with Crippen molar-refractivity contribution in [3.05, 3.63) is 91.8 Å². The van der Waals surface area contributed by atoms with Crippen LogP contribution in [0.25, 0.3) is 32.9 Å². The first-order valence-corrected chi connectivity index (χ1v) is 17.3. The van der Waals surface area contributed by atoms with Gasteiger partial charge in [-0.3, -0.25) is 19.1 Å². The van der Waals surface area contributed by atoms with Gasteiger partial charge in [-0.15, -0.1) is 0 Å². The van der Waals surface area contributed by atoms with Crippen molar-refractivity contribution in [2.24, 2.45) is 14.1 Å². The molecule has 0 fully saturated rings. The number of hydrogen-bond donors (Lipinski definition) is 1. The number of ether oxygens (including phenoxy) is 1. The average Bonchev–Trinajstić information content (AvgIpc) is 3.67. The first-order valence-electron chi connectivity index (χ1n) is 16.6. The van der Waals surface area contributed by atoms with Gasteiger partial charge in [-0.25, -0.2) is 4.79 Å². The third-order valence-electron chi connectivity index (χ3n) is 9.90. The van der Waals surface area contributed by atoms with Gasteiger partial charge in [-0.2, -0.15) is 10.2 Å². The Balaban J connectivity index is 1.37. The van der Waals surface area contributed by atoms with Crippen LogP contribution in [0.4, 0.5) is 5.82 Å². The van der Waals surface area contributed by atoms with Crippen LogP contribution < -0.4 is 9.64 Å². The molecule has 7 rings (SSSR count). The largest absolute Gasteiger partial charge is 0.494 e. The predicted molar refractivity (Wildman–Crippen MR) is 197 cm³/mol. The Morgan fingerprint density at radius 3 is 2.32 bits per heavy atom. The molecule has 10 nitrogen and oxygen atoms in total. The number of amides is 1. The molecule has 0 aliphatic carbocycles. The summed E-state index contributed by atoms with van der Waals surface area (Å²) in [5.74, 6) is 0.0509. The Bertz CT molecular complexity index is 2360. The van der Waals surface area contributed by atoms with Crippen molar-refractivity contribution in [1.29, 1.82) is 0 Å². The lowest BCUT2D eigenvalue weighted by Gasteiger charge is -2.33. The average molecular weight is 714 g/mol. The summed E-state index contributed by atoms with van der Waals surface area (Å²) in [5.41, 5.74) is 8.77. The molecule has 50 heavy (non-hydrogen) atoms. The number of hydrogen-bond acceptors (Lipinski definition) is 5. The lowest BCUT2D eigenvalue weighted by molar-refractivity contribution is 0.0696. The fourth-order valence-electron chi connectivity index (χ4n) is 7.48. The highest BCUT2D eigenvalue weighted by atomic mass is 35.5. The molecule has 4 heterocycles. The second kappa shape index (κ2) is 12.5. The van der Waals surface area contributed by atoms with Gasteiger partial charge in [0, 0.05) is 59.3 Å². The third-order valence-corrected chi connectivity index (χ3v) is 10.8. The van der Waals surface area contributed by atoms with Crippen LogP contribution in [0.1, 0.15) is 68.3 Å². The van der Waals surface area contributed by atoms with E-state index in [1.54, 1.807) is 34.8 Å². The predicted octanol–water partition coefficient (Wildman–Crippen LogP) is 8.40. The smallest absolute Gasteiger partial charge is 0.335 e. The number of benzene rings is 3. The third kappa shape index (κ3) is 5.32. The van der Waals surface area contributed by atoms with E-state index >= 15 is 0 Å². The Hall–Kier alpha value is -4.80. The molecule has 12 heteroatoms. The van der Waals surface area contributed by atoms with Gasteiger partial charge in [0.15, 0.2) is 5.82 Å². The summed E-state index contributed by atoms with van der Waals surface area (Å²) in [6.45, 7) is 10.8. The van der Waals surface area contributed by atoms with Crippen LogP contribution in [0.3, 0.4) is 0 Å². The van der Waals surface area contributed by atoms with Crippen LogP contribution in [0.2, 0.25) is 10.0 Å². The minimum Gasteiger partial charge on any atom is -0.494 e. The highest BCUT2D eigenvalue weighted by Gasteiger charge is 2.38. The van der Waals surface area contributed by atoms with E-state index < -0.39 is 5.97 Å². The molecule has 258 valence electrons. The zero-order valence-electron chi connectivity index (χ0n) is 29.1. The van der Waals surface area contributed by atoms with Crippen LogP contribution in [0, 0.1) is 27.7 Å². The molecule has 1 aliphatic heterocycles. The summed E-state index contributed by atoms with van der Waals surface area (Å²) in [4.78, 5) is 28.3. The Morgan fingerprint density at radius 2 is 1.66 bits per heavy atom. The standard InChI is InChI=1S/C38H38Cl2N6O4/c1-19-15-25(16-20(2)33(19)40)50-14-8-9-26-27-12-13-29(39)32(31-22(4)41-43(6)23(31)5)34(27)46-21(3)18-45(37(47)35(26)46)36-28-11-10-24(38(48)49)17-30(28)44(7)42-36/h10-13,15-17,21H,8-9,14,18H2,1-7H3,(H,48,49). The molecule has 0 spiro atoms. The maximum absolute atomic E-state index is 14.9. The summed E-state index contributed by atoms with van der Waals surface area (Å²) in [6.07, 6.45) is 1.23. The van der Waals surface area contributed by atoms with E-state index in [9.17, 15) is 14.7 Å². The van der Waals surface area contributed by atoms with Crippen molar-refractivity contribution < 1.29 is 19.4 Å². The number of nitrogens with zero attached hydrogens (tertiary/aromatic N) is 6. The number of aromatic nitrogens is 5. The maximum atomic E-state index is 14.9. The zero-order chi connectivity index (χ0) is 35.8. The molecule has 6 aromatic rings. The highest BCUT2D eigenvalue weighted by molar-refractivity contribution is 6.35. The van der Waals surface area contributed by atoms with Gasteiger partial charge in [-0.1, -0.05) is 29.3 Å². The van der Waals surface area contributed by atoms with Gasteiger partial charge in [0.25, 0.3) is 5.91 Å². The molecular formula is C38H38Cl2N6O4. The molecule has 0 bridgehead atoms. The Morgan fingerprint density at radius 1 is 0.960 bits per heavy atom. The molecule has 1 aliphatic rings. The first kappa shape index (κ1) is 33.7. The molecule has 1 unspecified atom stereocenters. The van der Waals surface area contributed by atoms with Crippen molar-refractivity contribution in [2.45, 2.75) is 53.5 Å². The first-order chi connectivity index (χ1) is 23.8. The van der Waals surface area contributed by atoms with Gasteiger partial charge in [0.1, 0.15) is 11.4 Å². The van der Waals surface area contributed by atoms with Crippen LogP contribution >= 0.6 is 23.2 Å². The summed E-state index contributed by atoms with van der Waals surface area (Å²) < 4.78 is 11.8. The number of carbonyl (C=O) groups is 2. The number of aromatic carboxylic acids is 1. The number of carboxylic acids is 1. The summed E-state index contributed by atoms with van der Waals surface area (Å²) >= 11 is 13.4. The van der Waals surface area contributed by atoms with E-state index in [-0.39, 0.29) is 17.5 Å². The number of carbonyl (C=O) groups excluding carboxylic acids is 1. The van der Waals surface area contributed by atoms with E-state index in [0.717, 1.165) is 60.9 Å². The van der Waals surface area contributed by atoms with Crippen molar-refractivity contribution in [1.82, 2.24) is 24.1 Å². The fraction of sp³-hybridized carbons (Fsp3) is 0.316. The van der Waals surface area contributed by atoms with Crippen molar-refractivity contribution in [3.8, 4) is 16.9 Å². The minimum atomic E-state index is -1.02. The van der Waals surface area contributed by atoms with Crippen LogP contribution in [0.5, 0.6) is 5.75 Å². The van der Waals surface area contributed by atoms with Crippen molar-refractivity contribution >= 4 is 62.7 Å². The van der Waals surface area contributed by atoms with Crippen molar-refractivity contribution in [2.75, 3.05) is 18.1 Å². The highest BCUT2D eigenvalue weighted by Crippen LogP contribution is 2.45. The second-order valence-corrected chi connectivity index (χ2v) is 14.0. The van der Waals surface area contributed by atoms with Gasteiger partial charge >= 0.3 is 5.97 Å². The summed E-state index contributed by atoms with van der Waals surface area (Å²) in [6, 6.07) is 12.5. The number of aryl methyl sites for hydroxylation is 6. The van der Waals surface area contributed by atoms with E-state index in [4.69, 9.17) is 38.1 Å². The lowest BCUT2D eigenvalue weighted by Crippen LogP contribution is -2.43. The quantitative estimate of drug-likeness (QED) is 0.159. The molecule has 0 saturated heterocycles. The zero-order valence-corrected chi connectivity index (χ0v) is 30.6. The van der Waals surface area contributed by atoms with Crippen LogP contribution in [0.15, 0.2) is 42.5 Å². The normalized spacial score (nSPS) is 14.6. The molecule has 3 aromatic carbocycles. The Labute approximate surface area is 299 Å². The van der Waals surface area contributed by atoms with Gasteiger partial charge in [-0.05, 0) is 101 Å². The molecule has 1 N–H and O–H groups in total. The van der Waals surface area contributed by atoms with Gasteiger partial charge < -0.3 is 14.4 Å². The van der Waals surface area contributed by atoms with E-state index in [1.165, 1.54) is 0 Å². The van der Waals surface area contributed by atoms with E-state index in [1.807, 2.05) is 63.7 Å². The fourth-order valence-corrected chi connectivity index (χ4v) is 7.84. The number of anilines is 1. The number of fused-ring (bicyclic) bond motifs is 4. The van der Waals surface area contributed by atoms with Crippen molar-refractivity contribution in [3.63, 3.8) is 0 Å². The van der Waals surface area contributed by atoms with E-state index in [0.29, 0.717) is 53.4 Å². The van der Waals surface area contributed by atoms with Gasteiger partial charge in [0.05, 0.1) is 33.9 Å². The SMILES string of the molecule is Cc1cc(OCCCc2c3n(c4c(-c5c(C)nn(C)c5C)c(Cl)ccc24)C(C)CN(c2nn(C)c4cc(C(=O)O)ccc24)C3=O)cc(C)c1Cl. The molecular weight excluding hydrogens is 675 g/mol. The lowest BCUT2D eigenvalue weighted by atomic mass is 9.98. The number of rotatable bonds is 8. The topological polar surface area (TPSA) is 107 Å². The number of halogens is 2. The second-order valence-electron chi connectivity index (χ2n) is 13.3. The van der Waals surface area contributed by atoms with E-state index in [2.05, 4.69) is 11.5 Å². The minimum absolute atomic E-state index is 0.153. The van der Waals surface area contributed by atoms with Crippen LogP contribution in [-0.2, 0) is 20.5 Å². The Kier molecular flexibility index (Phi) is 8.43. The molecule has 1 amide bonds. The number of carboxylic acid groups (broad SMARTS) is 1. The van der Waals surface area contributed by atoms with Crippen LogP contribution in [-0.4, -0.2) is 54.3 Å². The molecule has 1 atom stereocenters. The summed E-state index contributed by atoms with van der Waals surface area (Å²) in [7, 11) is 3.68. The molecule has 0 radical (unpaired) electrons. The molecule has 0 saturated carbocycles. The monoisotopic (exact) mass is 712 g/mol.